The monoisotopic (exact) mass is 252 g/mol. The summed E-state index contributed by atoms with van der Waals surface area (Å²) in [4.78, 5) is 12.3. The van der Waals surface area contributed by atoms with Crippen LogP contribution < -0.4 is 5.32 Å². The average molecular weight is 252 g/mol. The second-order valence-electron chi connectivity index (χ2n) is 6.20. The molecule has 3 aliphatic rings. The molecule has 1 aromatic carbocycles. The van der Waals surface area contributed by atoms with Crippen molar-refractivity contribution in [1.29, 1.82) is 5.26 Å². The van der Waals surface area contributed by atoms with E-state index in [0.29, 0.717) is 17.4 Å². The molecule has 1 amide bonds. The van der Waals surface area contributed by atoms with Crippen molar-refractivity contribution in [1.82, 2.24) is 0 Å². The summed E-state index contributed by atoms with van der Waals surface area (Å²) in [5.74, 6) is 3.38. The number of anilines is 1. The molecule has 1 N–H and O–H groups in total. The van der Waals surface area contributed by atoms with Crippen molar-refractivity contribution in [2.45, 2.75) is 19.3 Å². The Labute approximate surface area is 112 Å². The molecule has 3 saturated carbocycles. The summed E-state index contributed by atoms with van der Waals surface area (Å²) in [5.41, 5.74) is 1.34. The van der Waals surface area contributed by atoms with Crippen molar-refractivity contribution < 1.29 is 4.79 Å². The van der Waals surface area contributed by atoms with E-state index in [0.717, 1.165) is 17.5 Å². The molecule has 0 saturated heterocycles. The molecule has 19 heavy (non-hydrogen) atoms. The lowest BCUT2D eigenvalue weighted by Gasteiger charge is -2.09. The van der Waals surface area contributed by atoms with E-state index < -0.39 is 0 Å². The molecule has 0 radical (unpaired) electrons. The molecule has 4 rings (SSSR count). The molecular weight excluding hydrogens is 236 g/mol. The van der Waals surface area contributed by atoms with Gasteiger partial charge >= 0.3 is 0 Å². The first-order valence-corrected chi connectivity index (χ1v) is 7.09. The second kappa shape index (κ2) is 3.84. The third-order valence-corrected chi connectivity index (χ3v) is 5.30. The zero-order valence-electron chi connectivity index (χ0n) is 10.7. The van der Waals surface area contributed by atoms with Crippen molar-refractivity contribution in [3.8, 4) is 6.07 Å². The lowest BCUT2D eigenvalue weighted by molar-refractivity contribution is -0.118. The average Bonchev–Trinajstić information content (AvgIpc) is 2.88. The van der Waals surface area contributed by atoms with Crippen LogP contribution in [0.3, 0.4) is 0 Å². The molecule has 0 aliphatic heterocycles. The van der Waals surface area contributed by atoms with Gasteiger partial charge in [-0.15, -0.1) is 0 Å². The molecule has 3 nitrogen and oxygen atoms in total. The summed E-state index contributed by atoms with van der Waals surface area (Å²) >= 11 is 0. The Morgan fingerprint density at radius 1 is 1.26 bits per heavy atom. The highest BCUT2D eigenvalue weighted by Gasteiger charge is 2.67. The zero-order chi connectivity index (χ0) is 13.0. The lowest BCUT2D eigenvalue weighted by Crippen LogP contribution is -2.18. The molecule has 96 valence electrons. The van der Waals surface area contributed by atoms with Gasteiger partial charge < -0.3 is 5.32 Å². The van der Waals surface area contributed by atoms with E-state index in [4.69, 9.17) is 5.26 Å². The van der Waals surface area contributed by atoms with Crippen molar-refractivity contribution in [3.63, 3.8) is 0 Å². The zero-order valence-corrected chi connectivity index (χ0v) is 10.7. The molecule has 0 spiro atoms. The molecule has 3 fully saturated rings. The number of nitrogens with zero attached hydrogens (tertiary/aromatic N) is 1. The van der Waals surface area contributed by atoms with Gasteiger partial charge in [0.15, 0.2) is 0 Å². The number of carbonyl (C=O) groups is 1. The van der Waals surface area contributed by atoms with Crippen LogP contribution in [-0.2, 0) is 4.79 Å². The smallest absolute Gasteiger partial charge is 0.228 e. The molecule has 3 heteroatoms. The van der Waals surface area contributed by atoms with Crippen LogP contribution in [0.25, 0.3) is 0 Å². The number of carbonyl (C=O) groups excluding carboxylic acids is 1. The minimum atomic E-state index is 0.168. The maximum Gasteiger partial charge on any atom is 0.228 e. The Balaban J connectivity index is 1.47. The summed E-state index contributed by atoms with van der Waals surface area (Å²) in [6.45, 7) is 0. The van der Waals surface area contributed by atoms with E-state index in [2.05, 4.69) is 11.4 Å². The van der Waals surface area contributed by atoms with E-state index in [1.54, 1.807) is 12.1 Å². The fourth-order valence-electron chi connectivity index (χ4n) is 4.57. The number of nitrogens with one attached hydrogen (secondary N) is 1. The molecule has 0 heterocycles. The van der Waals surface area contributed by atoms with E-state index >= 15 is 0 Å². The Hall–Kier alpha value is -1.82. The number of fused-ring (bicyclic) bond motifs is 5. The highest BCUT2D eigenvalue weighted by atomic mass is 16.2. The van der Waals surface area contributed by atoms with Gasteiger partial charge in [-0.1, -0.05) is 6.07 Å². The Bertz CT molecular complexity index is 573. The highest BCUT2D eigenvalue weighted by Crippen LogP contribution is 2.69. The molecule has 1 aromatic rings. The molecule has 3 aliphatic carbocycles. The first kappa shape index (κ1) is 11.0. The van der Waals surface area contributed by atoms with Crippen LogP contribution in [0, 0.1) is 40.9 Å². The van der Waals surface area contributed by atoms with Gasteiger partial charge in [0.05, 0.1) is 11.6 Å². The normalized spacial score (nSPS) is 37.5. The Kier molecular flexibility index (Phi) is 2.23. The van der Waals surface area contributed by atoms with Gasteiger partial charge in [0.1, 0.15) is 0 Å². The number of nitriles is 1. The number of benzene rings is 1. The van der Waals surface area contributed by atoms with E-state index in [9.17, 15) is 4.79 Å². The quantitative estimate of drug-likeness (QED) is 0.880. The maximum absolute atomic E-state index is 12.3. The fourth-order valence-corrected chi connectivity index (χ4v) is 4.57. The maximum atomic E-state index is 12.3. The van der Waals surface area contributed by atoms with Crippen molar-refractivity contribution in [2.24, 2.45) is 29.6 Å². The summed E-state index contributed by atoms with van der Waals surface area (Å²) in [6, 6.07) is 9.25. The van der Waals surface area contributed by atoms with Crippen LogP contribution in [0.2, 0.25) is 0 Å². The summed E-state index contributed by atoms with van der Waals surface area (Å²) < 4.78 is 0. The largest absolute Gasteiger partial charge is 0.326 e. The molecule has 0 aromatic heterocycles. The van der Waals surface area contributed by atoms with Gasteiger partial charge in [0, 0.05) is 11.6 Å². The summed E-state index contributed by atoms with van der Waals surface area (Å²) in [7, 11) is 0. The van der Waals surface area contributed by atoms with Crippen LogP contribution in [-0.4, -0.2) is 5.91 Å². The van der Waals surface area contributed by atoms with Crippen LogP contribution in [0.1, 0.15) is 24.8 Å². The number of hydrogen-bond acceptors (Lipinski definition) is 2. The SMILES string of the molecule is N#Cc1cccc(NC(=O)C2C3C4CCC(C4)C23)c1. The minimum absolute atomic E-state index is 0.168. The van der Waals surface area contributed by atoms with E-state index in [-0.39, 0.29) is 11.8 Å². The molecule has 4 unspecified atom stereocenters. The third kappa shape index (κ3) is 1.59. The van der Waals surface area contributed by atoms with Gasteiger partial charge in [-0.25, -0.2) is 0 Å². The Morgan fingerprint density at radius 3 is 2.68 bits per heavy atom. The summed E-state index contributed by atoms with van der Waals surface area (Å²) in [6.07, 6.45) is 4.03. The first-order valence-electron chi connectivity index (χ1n) is 7.09. The van der Waals surface area contributed by atoms with Crippen molar-refractivity contribution >= 4 is 11.6 Å². The van der Waals surface area contributed by atoms with Crippen molar-refractivity contribution in [3.05, 3.63) is 29.8 Å². The molecule has 4 atom stereocenters. The van der Waals surface area contributed by atoms with Crippen LogP contribution >= 0.6 is 0 Å². The number of rotatable bonds is 2. The third-order valence-electron chi connectivity index (χ3n) is 5.30. The van der Waals surface area contributed by atoms with Gasteiger partial charge in [0.25, 0.3) is 0 Å². The van der Waals surface area contributed by atoms with Crippen LogP contribution in [0.5, 0.6) is 0 Å². The minimum Gasteiger partial charge on any atom is -0.326 e. The number of amides is 1. The lowest BCUT2D eigenvalue weighted by atomic mass is 10.0. The second-order valence-corrected chi connectivity index (χ2v) is 6.20. The van der Waals surface area contributed by atoms with Crippen molar-refractivity contribution in [2.75, 3.05) is 5.32 Å². The van der Waals surface area contributed by atoms with Gasteiger partial charge in [0.2, 0.25) is 5.91 Å². The van der Waals surface area contributed by atoms with Crippen LogP contribution in [0.15, 0.2) is 24.3 Å². The standard InChI is InChI=1S/C16H16N2O/c17-8-9-2-1-3-12(6-9)18-16(19)15-13-10-4-5-11(7-10)14(13)15/h1-3,6,10-11,13-15H,4-5,7H2,(H,18,19). The predicted octanol–water partition coefficient (Wildman–Crippen LogP) is 2.79. The van der Waals surface area contributed by atoms with Gasteiger partial charge in [-0.05, 0) is 61.1 Å². The highest BCUT2D eigenvalue weighted by molar-refractivity contribution is 5.95. The summed E-state index contributed by atoms with van der Waals surface area (Å²) in [5, 5.41) is 11.9. The molecule has 2 bridgehead atoms. The van der Waals surface area contributed by atoms with Crippen LogP contribution in [0.4, 0.5) is 5.69 Å². The topological polar surface area (TPSA) is 52.9 Å². The number of hydrogen-bond donors (Lipinski definition) is 1. The predicted molar refractivity (Wildman–Crippen MR) is 71.1 cm³/mol. The van der Waals surface area contributed by atoms with Gasteiger partial charge in [-0.3, -0.25) is 4.79 Å². The van der Waals surface area contributed by atoms with Gasteiger partial charge in [-0.2, -0.15) is 5.26 Å². The van der Waals surface area contributed by atoms with E-state index in [1.807, 2.05) is 12.1 Å². The van der Waals surface area contributed by atoms with E-state index in [1.165, 1.54) is 19.3 Å². The molecular formula is C16H16N2O. The Morgan fingerprint density at radius 2 is 2.00 bits per heavy atom. The fraction of sp³-hybridized carbons (Fsp3) is 0.500. The first-order chi connectivity index (χ1) is 9.28.